The van der Waals surface area contributed by atoms with Crippen LogP contribution < -0.4 is 11.2 Å². The summed E-state index contributed by atoms with van der Waals surface area (Å²) in [6.07, 6.45) is 0. The lowest BCUT2D eigenvalue weighted by Gasteiger charge is -2.14. The van der Waals surface area contributed by atoms with E-state index >= 15 is 0 Å². The van der Waals surface area contributed by atoms with Gasteiger partial charge in [0.2, 0.25) is 0 Å². The predicted octanol–water partition coefficient (Wildman–Crippen LogP) is 1.06. The van der Waals surface area contributed by atoms with Crippen molar-refractivity contribution in [2.75, 3.05) is 12.4 Å². The Labute approximate surface area is 87.9 Å². The molecule has 1 aromatic rings. The van der Waals surface area contributed by atoms with Crippen LogP contribution in [0.15, 0.2) is 24.3 Å². The van der Waals surface area contributed by atoms with Crippen molar-refractivity contribution in [3.8, 4) is 6.07 Å². The zero-order valence-electron chi connectivity index (χ0n) is 7.69. The Kier molecular flexibility index (Phi) is 3.40. The van der Waals surface area contributed by atoms with Gasteiger partial charge < -0.3 is 5.32 Å². The standard InChI is InChI=1S/C9H10N4S/c1-13(11)9(14)12-8-4-2-3-7(5-8)6-10/h2-5H,11H2,1H3,(H,12,14). The second kappa shape index (κ2) is 4.56. The summed E-state index contributed by atoms with van der Waals surface area (Å²) >= 11 is 4.95. The van der Waals surface area contributed by atoms with Gasteiger partial charge in [0.25, 0.3) is 0 Å². The third kappa shape index (κ3) is 2.69. The molecule has 0 radical (unpaired) electrons. The lowest BCUT2D eigenvalue weighted by Crippen LogP contribution is -2.36. The zero-order valence-corrected chi connectivity index (χ0v) is 8.51. The molecule has 0 aliphatic rings. The van der Waals surface area contributed by atoms with Gasteiger partial charge in [0.05, 0.1) is 11.6 Å². The molecule has 1 aromatic carbocycles. The largest absolute Gasteiger partial charge is 0.331 e. The Morgan fingerprint density at radius 1 is 1.64 bits per heavy atom. The normalized spacial score (nSPS) is 8.93. The molecule has 0 bridgehead atoms. The summed E-state index contributed by atoms with van der Waals surface area (Å²) < 4.78 is 0. The minimum atomic E-state index is 0.403. The van der Waals surface area contributed by atoms with Crippen LogP contribution in [0.1, 0.15) is 5.56 Å². The van der Waals surface area contributed by atoms with Crippen molar-refractivity contribution in [2.45, 2.75) is 0 Å². The number of anilines is 1. The number of thiocarbonyl (C=S) groups is 1. The smallest absolute Gasteiger partial charge is 0.187 e. The fourth-order valence-electron chi connectivity index (χ4n) is 0.878. The number of nitrogens with two attached hydrogens (primary N) is 1. The minimum absolute atomic E-state index is 0.403. The molecule has 0 atom stereocenters. The van der Waals surface area contributed by atoms with Crippen LogP contribution in [0.3, 0.4) is 0 Å². The molecule has 0 aliphatic heterocycles. The molecule has 5 heteroatoms. The molecule has 0 saturated carbocycles. The number of rotatable bonds is 1. The van der Waals surface area contributed by atoms with Gasteiger partial charge in [0, 0.05) is 12.7 Å². The van der Waals surface area contributed by atoms with Crippen molar-refractivity contribution in [3.05, 3.63) is 29.8 Å². The molecule has 0 fully saturated rings. The van der Waals surface area contributed by atoms with E-state index in [4.69, 9.17) is 23.3 Å². The first kappa shape index (κ1) is 10.4. The van der Waals surface area contributed by atoms with Crippen molar-refractivity contribution < 1.29 is 0 Å². The maximum Gasteiger partial charge on any atom is 0.187 e. The third-order valence-electron chi connectivity index (χ3n) is 1.56. The lowest BCUT2D eigenvalue weighted by atomic mass is 10.2. The molecule has 14 heavy (non-hydrogen) atoms. The summed E-state index contributed by atoms with van der Waals surface area (Å²) in [5.74, 6) is 5.42. The molecular formula is C9H10N4S. The molecule has 0 spiro atoms. The Bertz CT molecular complexity index is 381. The molecule has 0 unspecified atom stereocenters. The van der Waals surface area contributed by atoms with E-state index in [1.807, 2.05) is 12.1 Å². The summed E-state index contributed by atoms with van der Waals surface area (Å²) in [6, 6.07) is 9.06. The van der Waals surface area contributed by atoms with Gasteiger partial charge in [-0.1, -0.05) is 6.07 Å². The Hall–Kier alpha value is -1.64. The van der Waals surface area contributed by atoms with E-state index in [0.717, 1.165) is 5.69 Å². The van der Waals surface area contributed by atoms with E-state index in [9.17, 15) is 0 Å². The number of hydrogen-bond donors (Lipinski definition) is 2. The molecule has 1 rings (SSSR count). The first-order chi connectivity index (χ1) is 6.63. The van der Waals surface area contributed by atoms with Gasteiger partial charge in [-0.15, -0.1) is 0 Å². The summed E-state index contributed by atoms with van der Waals surface area (Å²) in [5.41, 5.74) is 1.34. The molecule has 0 amide bonds. The molecule has 3 N–H and O–H groups in total. The van der Waals surface area contributed by atoms with Crippen molar-refractivity contribution in [2.24, 2.45) is 5.84 Å². The molecule has 0 heterocycles. The summed E-state index contributed by atoms with van der Waals surface area (Å²) in [4.78, 5) is 0. The summed E-state index contributed by atoms with van der Waals surface area (Å²) in [6.45, 7) is 0. The molecular weight excluding hydrogens is 196 g/mol. The Balaban J connectivity index is 2.78. The summed E-state index contributed by atoms with van der Waals surface area (Å²) in [7, 11) is 1.64. The number of benzene rings is 1. The van der Waals surface area contributed by atoms with Gasteiger partial charge in [0.15, 0.2) is 5.11 Å². The highest BCUT2D eigenvalue weighted by Gasteiger charge is 2.00. The van der Waals surface area contributed by atoms with Gasteiger partial charge in [-0.25, -0.2) is 5.84 Å². The van der Waals surface area contributed by atoms with Crippen LogP contribution in [0.25, 0.3) is 0 Å². The SMILES string of the molecule is CN(N)C(=S)Nc1cccc(C#N)c1. The average Bonchev–Trinajstić information content (AvgIpc) is 2.18. The van der Waals surface area contributed by atoms with Crippen LogP contribution in [-0.2, 0) is 0 Å². The predicted molar refractivity (Wildman–Crippen MR) is 59.3 cm³/mol. The highest BCUT2D eigenvalue weighted by atomic mass is 32.1. The topological polar surface area (TPSA) is 65.1 Å². The first-order valence-corrected chi connectivity index (χ1v) is 4.34. The second-order valence-corrected chi connectivity index (χ2v) is 3.12. The number of nitrogens with zero attached hydrogens (tertiary/aromatic N) is 2. The molecule has 4 nitrogen and oxygen atoms in total. The number of hydrogen-bond acceptors (Lipinski definition) is 3. The van der Waals surface area contributed by atoms with E-state index in [2.05, 4.69) is 5.32 Å². The van der Waals surface area contributed by atoms with E-state index in [1.54, 1.807) is 25.2 Å². The number of hydrazine groups is 1. The van der Waals surface area contributed by atoms with Crippen LogP contribution >= 0.6 is 12.2 Å². The van der Waals surface area contributed by atoms with E-state index in [-0.39, 0.29) is 0 Å². The fraction of sp³-hybridized carbons (Fsp3) is 0.111. The van der Waals surface area contributed by atoms with Gasteiger partial charge in [-0.2, -0.15) is 5.26 Å². The van der Waals surface area contributed by atoms with E-state index in [1.165, 1.54) is 5.01 Å². The van der Waals surface area contributed by atoms with Gasteiger partial charge >= 0.3 is 0 Å². The maximum absolute atomic E-state index is 8.66. The molecule has 0 aliphatic carbocycles. The first-order valence-electron chi connectivity index (χ1n) is 3.93. The van der Waals surface area contributed by atoms with Crippen LogP contribution in [-0.4, -0.2) is 17.2 Å². The van der Waals surface area contributed by atoms with Crippen LogP contribution in [0.4, 0.5) is 5.69 Å². The Morgan fingerprint density at radius 2 is 2.36 bits per heavy atom. The average molecular weight is 206 g/mol. The monoisotopic (exact) mass is 206 g/mol. The van der Waals surface area contributed by atoms with Crippen LogP contribution in [0.2, 0.25) is 0 Å². The van der Waals surface area contributed by atoms with Crippen molar-refractivity contribution in [3.63, 3.8) is 0 Å². The second-order valence-electron chi connectivity index (χ2n) is 2.73. The number of nitrogens with one attached hydrogen (secondary N) is 1. The van der Waals surface area contributed by atoms with E-state index in [0.29, 0.717) is 10.7 Å². The van der Waals surface area contributed by atoms with Crippen LogP contribution in [0.5, 0.6) is 0 Å². The maximum atomic E-state index is 8.66. The third-order valence-corrected chi connectivity index (χ3v) is 1.95. The fourth-order valence-corrected chi connectivity index (χ4v) is 0.996. The van der Waals surface area contributed by atoms with Crippen molar-refractivity contribution in [1.29, 1.82) is 5.26 Å². The number of nitriles is 1. The quantitative estimate of drug-likeness (QED) is 0.408. The highest BCUT2D eigenvalue weighted by Crippen LogP contribution is 2.09. The summed E-state index contributed by atoms with van der Waals surface area (Å²) in [5, 5.41) is 13.3. The van der Waals surface area contributed by atoms with Gasteiger partial charge in [-0.05, 0) is 30.4 Å². The van der Waals surface area contributed by atoms with Gasteiger partial charge in [0.1, 0.15) is 0 Å². The molecule has 72 valence electrons. The molecule has 0 aromatic heterocycles. The van der Waals surface area contributed by atoms with Crippen LogP contribution in [0, 0.1) is 11.3 Å². The molecule has 0 saturated heterocycles. The zero-order chi connectivity index (χ0) is 10.6. The minimum Gasteiger partial charge on any atom is -0.331 e. The lowest BCUT2D eigenvalue weighted by molar-refractivity contribution is 0.548. The van der Waals surface area contributed by atoms with Crippen molar-refractivity contribution >= 4 is 23.0 Å². The highest BCUT2D eigenvalue weighted by molar-refractivity contribution is 7.80. The van der Waals surface area contributed by atoms with Gasteiger partial charge in [-0.3, -0.25) is 5.01 Å². The van der Waals surface area contributed by atoms with Crippen molar-refractivity contribution in [1.82, 2.24) is 5.01 Å². The van der Waals surface area contributed by atoms with E-state index < -0.39 is 0 Å². The Morgan fingerprint density at radius 3 is 2.93 bits per heavy atom.